The first-order valence-electron chi connectivity index (χ1n) is 22.8. The van der Waals surface area contributed by atoms with Crippen molar-refractivity contribution in [3.8, 4) is 11.5 Å². The van der Waals surface area contributed by atoms with E-state index in [4.69, 9.17) is 43.4 Å². The quantitative estimate of drug-likeness (QED) is 0.0509. The first kappa shape index (κ1) is 46.7. The molecular formula is C56H55N5O8. The van der Waals surface area contributed by atoms with Gasteiger partial charge in [0.25, 0.3) is 0 Å². The summed E-state index contributed by atoms with van der Waals surface area (Å²) in [5, 5.41) is 16.2. The minimum absolute atomic E-state index is 0.0752. The lowest BCUT2D eigenvalue weighted by atomic mass is 9.77. The molecule has 1 fully saturated rings. The number of rotatable bonds is 17. The fraction of sp³-hybridized carbons (Fsp3) is 0.250. The van der Waals surface area contributed by atoms with Crippen LogP contribution in [0.15, 0.2) is 183 Å². The number of methoxy groups -OCH3 is 2. The van der Waals surface area contributed by atoms with Gasteiger partial charge in [-0.25, -0.2) is 15.0 Å². The van der Waals surface area contributed by atoms with Gasteiger partial charge in [0, 0.05) is 0 Å². The monoisotopic (exact) mass is 925 g/mol. The van der Waals surface area contributed by atoms with E-state index in [1.54, 1.807) is 45.9 Å². The van der Waals surface area contributed by atoms with Crippen LogP contribution in [0.4, 0.5) is 5.82 Å². The van der Waals surface area contributed by atoms with Crippen LogP contribution in [0.1, 0.15) is 60.4 Å². The number of aromatic nitrogens is 4. The molecular weight excluding hydrogens is 871 g/mol. The summed E-state index contributed by atoms with van der Waals surface area (Å²) < 4.78 is 38.8. The van der Waals surface area contributed by atoms with Gasteiger partial charge in [0.05, 0.1) is 32.6 Å². The van der Waals surface area contributed by atoms with Crippen LogP contribution in [0.2, 0.25) is 0 Å². The van der Waals surface area contributed by atoms with Crippen molar-refractivity contribution in [1.29, 1.82) is 0 Å². The van der Waals surface area contributed by atoms with Crippen molar-refractivity contribution >= 4 is 23.0 Å². The zero-order chi connectivity index (χ0) is 48.0. The van der Waals surface area contributed by atoms with E-state index in [0.717, 1.165) is 39.1 Å². The molecule has 3 heterocycles. The molecule has 352 valence electrons. The molecule has 2 N–H and O–H groups in total. The number of carbonyl (C=O) groups is 1. The maximum Gasteiger partial charge on any atom is 0.313 e. The number of fused-ring (bicyclic) bond motifs is 1. The van der Waals surface area contributed by atoms with E-state index in [0.29, 0.717) is 22.7 Å². The summed E-state index contributed by atoms with van der Waals surface area (Å²) in [6.45, 7) is 4.78. The number of anilines is 1. The van der Waals surface area contributed by atoms with Crippen molar-refractivity contribution in [2.75, 3.05) is 32.9 Å². The van der Waals surface area contributed by atoms with Crippen LogP contribution < -0.4 is 14.8 Å². The lowest BCUT2D eigenvalue weighted by molar-refractivity contribution is -0.178. The summed E-state index contributed by atoms with van der Waals surface area (Å²) in [4.78, 5) is 27.3. The second-order valence-corrected chi connectivity index (χ2v) is 17.8. The Kier molecular flexibility index (Phi) is 13.6. The maximum atomic E-state index is 12.9. The van der Waals surface area contributed by atoms with Crippen molar-refractivity contribution < 1.29 is 38.3 Å². The normalized spacial score (nSPS) is 17.4. The number of carbonyl (C=O) groups excluding carboxylic acids is 1. The topological polar surface area (TPSA) is 148 Å². The van der Waals surface area contributed by atoms with Crippen LogP contribution in [0.25, 0.3) is 11.2 Å². The lowest BCUT2D eigenvalue weighted by Crippen LogP contribution is -2.41. The Morgan fingerprint density at radius 1 is 0.652 bits per heavy atom. The number of aliphatic hydroxyl groups is 1. The highest BCUT2D eigenvalue weighted by atomic mass is 16.7. The van der Waals surface area contributed by atoms with Crippen LogP contribution in [0.5, 0.6) is 11.5 Å². The van der Waals surface area contributed by atoms with Crippen LogP contribution >= 0.6 is 0 Å². The number of nitrogens with one attached hydrogen (secondary N) is 1. The summed E-state index contributed by atoms with van der Waals surface area (Å²) in [5.41, 5.74) is 3.30. The predicted octanol–water partition coefficient (Wildman–Crippen LogP) is 9.45. The zero-order valence-electron chi connectivity index (χ0n) is 39.1. The number of nitrogens with zero attached hydrogens (tertiary/aromatic N) is 4. The highest BCUT2D eigenvalue weighted by Crippen LogP contribution is 2.44. The minimum Gasteiger partial charge on any atom is -0.497 e. The molecule has 0 unspecified atom stereocenters. The molecule has 9 rings (SSSR count). The fourth-order valence-corrected chi connectivity index (χ4v) is 9.04. The standard InChI is InChI=1S/C56H55N5O8/c1-54(2,3)53(63)67-37-66-49-46(34-68-56(41-22-14-8-15-23-41,42-24-16-9-17-25-42)43-28-32-45(65-5)33-29-43)69-52(48(49)62)61-36-59-47-50(57-35-58-51(47)61)60-55(38-18-10-6-11-19-38,39-20-12-7-13-21-39)40-26-30-44(64-4)31-27-40/h6-33,35-36,46,48-49,52,62H,34,37H2,1-5H3,(H,57,58,60)/t46-,48-,49-,52-/m1/s1. The highest BCUT2D eigenvalue weighted by Gasteiger charge is 2.49. The van der Waals surface area contributed by atoms with Crippen molar-refractivity contribution in [2.45, 2.75) is 56.5 Å². The highest BCUT2D eigenvalue weighted by molar-refractivity contribution is 5.84. The first-order chi connectivity index (χ1) is 33.6. The van der Waals surface area contributed by atoms with Gasteiger partial charge in [-0.1, -0.05) is 146 Å². The van der Waals surface area contributed by atoms with Gasteiger partial charge in [-0.2, -0.15) is 0 Å². The third kappa shape index (κ3) is 9.17. The number of hydrogen-bond donors (Lipinski definition) is 2. The fourth-order valence-electron chi connectivity index (χ4n) is 9.04. The smallest absolute Gasteiger partial charge is 0.313 e. The number of benzene rings is 6. The average Bonchev–Trinajstić information content (AvgIpc) is 3.97. The number of esters is 1. The third-order valence-corrected chi connectivity index (χ3v) is 12.6. The molecule has 13 nitrogen and oxygen atoms in total. The molecule has 13 heteroatoms. The van der Waals surface area contributed by atoms with E-state index in [2.05, 4.69) is 29.6 Å². The van der Waals surface area contributed by atoms with Gasteiger partial charge in [0.1, 0.15) is 47.3 Å². The van der Waals surface area contributed by atoms with E-state index in [1.165, 1.54) is 6.33 Å². The number of ether oxygens (including phenoxy) is 6. The van der Waals surface area contributed by atoms with E-state index >= 15 is 0 Å². The molecule has 0 amide bonds. The Morgan fingerprint density at radius 2 is 1.13 bits per heavy atom. The summed E-state index contributed by atoms with van der Waals surface area (Å²) in [5.74, 6) is 1.39. The number of imidazole rings is 1. The van der Waals surface area contributed by atoms with Crippen molar-refractivity contribution in [3.63, 3.8) is 0 Å². The Labute approximate surface area is 401 Å². The van der Waals surface area contributed by atoms with Gasteiger partial charge in [-0.15, -0.1) is 0 Å². The lowest BCUT2D eigenvalue weighted by Gasteiger charge is -2.37. The molecule has 1 aliphatic heterocycles. The van der Waals surface area contributed by atoms with Crippen LogP contribution in [-0.2, 0) is 34.9 Å². The molecule has 6 aromatic carbocycles. The van der Waals surface area contributed by atoms with E-state index < -0.39 is 53.9 Å². The van der Waals surface area contributed by atoms with E-state index in [9.17, 15) is 9.90 Å². The molecule has 1 saturated heterocycles. The van der Waals surface area contributed by atoms with Crippen molar-refractivity contribution in [2.24, 2.45) is 5.41 Å². The summed E-state index contributed by atoms with van der Waals surface area (Å²) in [6, 6.07) is 55.8. The summed E-state index contributed by atoms with van der Waals surface area (Å²) >= 11 is 0. The van der Waals surface area contributed by atoms with Crippen molar-refractivity contribution in [3.05, 3.63) is 216 Å². The molecule has 0 aliphatic carbocycles. The SMILES string of the molecule is COc1ccc(C(Nc2ncnc3c2ncn3[C@@H]2O[C@H](COC(c3ccccc3)(c3ccccc3)c3ccc(OC)cc3)[C@@H](OCOC(=O)C(C)(C)C)[C@H]2O)(c2ccccc2)c2ccccc2)cc1. The molecule has 4 atom stereocenters. The number of aliphatic hydroxyl groups excluding tert-OH is 1. The van der Waals surface area contributed by atoms with Gasteiger partial charge in [-0.3, -0.25) is 9.36 Å². The second kappa shape index (κ2) is 20.0. The van der Waals surface area contributed by atoms with Gasteiger partial charge >= 0.3 is 5.97 Å². The Morgan fingerprint density at radius 3 is 1.64 bits per heavy atom. The molecule has 0 saturated carbocycles. The minimum atomic E-state index is -1.31. The van der Waals surface area contributed by atoms with Crippen LogP contribution in [0.3, 0.4) is 0 Å². The zero-order valence-corrected chi connectivity index (χ0v) is 39.1. The molecule has 0 bridgehead atoms. The Hall–Kier alpha value is -7.42. The van der Waals surface area contributed by atoms with Crippen LogP contribution in [0, 0.1) is 5.41 Å². The van der Waals surface area contributed by atoms with Crippen LogP contribution in [-0.4, -0.2) is 76.5 Å². The number of hydrogen-bond acceptors (Lipinski definition) is 12. The van der Waals surface area contributed by atoms with Gasteiger partial charge in [0.15, 0.2) is 30.0 Å². The van der Waals surface area contributed by atoms with Gasteiger partial charge < -0.3 is 38.8 Å². The average molecular weight is 926 g/mol. The van der Waals surface area contributed by atoms with E-state index in [1.807, 2.05) is 146 Å². The molecule has 0 radical (unpaired) electrons. The molecule has 1 aliphatic rings. The molecule has 8 aromatic rings. The molecule has 69 heavy (non-hydrogen) atoms. The Balaban J connectivity index is 1.11. The van der Waals surface area contributed by atoms with Gasteiger partial charge in [-0.05, 0) is 78.4 Å². The van der Waals surface area contributed by atoms with Gasteiger partial charge in [0.2, 0.25) is 0 Å². The maximum absolute atomic E-state index is 12.9. The third-order valence-electron chi connectivity index (χ3n) is 12.6. The Bertz CT molecular complexity index is 2850. The summed E-state index contributed by atoms with van der Waals surface area (Å²) in [7, 11) is 3.27. The first-order valence-corrected chi connectivity index (χ1v) is 22.8. The summed E-state index contributed by atoms with van der Waals surface area (Å²) in [6.07, 6.45) is -1.30. The molecule has 0 spiro atoms. The molecule has 2 aromatic heterocycles. The predicted molar refractivity (Wildman–Crippen MR) is 262 cm³/mol. The van der Waals surface area contributed by atoms with Crippen molar-refractivity contribution in [1.82, 2.24) is 19.5 Å². The largest absolute Gasteiger partial charge is 0.497 e. The van der Waals surface area contributed by atoms with E-state index in [-0.39, 0.29) is 6.61 Å². The second-order valence-electron chi connectivity index (χ2n) is 17.8.